The molecular formula is C9H16N2O2. The van der Waals surface area contributed by atoms with Crippen molar-refractivity contribution in [3.63, 3.8) is 0 Å². The van der Waals surface area contributed by atoms with Crippen molar-refractivity contribution < 1.29 is 9.90 Å². The summed E-state index contributed by atoms with van der Waals surface area (Å²) in [6, 6.07) is 0.617. The molecule has 4 nitrogen and oxygen atoms in total. The van der Waals surface area contributed by atoms with E-state index in [1.54, 1.807) is 4.90 Å². The van der Waals surface area contributed by atoms with Gasteiger partial charge in [0, 0.05) is 19.1 Å². The fraction of sp³-hybridized carbons (Fsp3) is 0.889. The van der Waals surface area contributed by atoms with Crippen LogP contribution in [0.4, 0.5) is 4.79 Å². The van der Waals surface area contributed by atoms with Gasteiger partial charge in [0.05, 0.1) is 0 Å². The second kappa shape index (κ2) is 3.18. The van der Waals surface area contributed by atoms with Gasteiger partial charge in [-0.25, -0.2) is 4.79 Å². The molecule has 2 fully saturated rings. The van der Waals surface area contributed by atoms with Crippen molar-refractivity contribution in [2.45, 2.75) is 18.9 Å². The molecule has 2 rings (SSSR count). The van der Waals surface area contributed by atoms with Gasteiger partial charge in [0.15, 0.2) is 0 Å². The number of nitrogens with one attached hydrogen (secondary N) is 1. The first-order chi connectivity index (χ1) is 6.20. The van der Waals surface area contributed by atoms with Gasteiger partial charge in [-0.15, -0.1) is 0 Å². The Morgan fingerprint density at radius 2 is 1.92 bits per heavy atom. The Morgan fingerprint density at radius 1 is 1.38 bits per heavy atom. The van der Waals surface area contributed by atoms with Crippen LogP contribution in [0.5, 0.6) is 0 Å². The summed E-state index contributed by atoms with van der Waals surface area (Å²) in [7, 11) is 1.99. The van der Waals surface area contributed by atoms with Crippen molar-refractivity contribution in [2.24, 2.45) is 11.8 Å². The van der Waals surface area contributed by atoms with Gasteiger partial charge >= 0.3 is 6.09 Å². The lowest BCUT2D eigenvalue weighted by atomic mass is 10.0. The number of fused-ring (bicyclic) bond motifs is 1. The van der Waals surface area contributed by atoms with Crippen LogP contribution in [0.25, 0.3) is 0 Å². The van der Waals surface area contributed by atoms with Crippen molar-refractivity contribution in [3.8, 4) is 0 Å². The van der Waals surface area contributed by atoms with Crippen LogP contribution in [0.3, 0.4) is 0 Å². The van der Waals surface area contributed by atoms with Crippen LogP contribution in [-0.4, -0.2) is 42.3 Å². The number of carbonyl (C=O) groups is 1. The summed E-state index contributed by atoms with van der Waals surface area (Å²) >= 11 is 0. The Morgan fingerprint density at radius 3 is 2.31 bits per heavy atom. The van der Waals surface area contributed by atoms with Crippen LogP contribution in [0.15, 0.2) is 0 Å². The van der Waals surface area contributed by atoms with Gasteiger partial charge in [0.1, 0.15) is 0 Å². The number of hydrogen-bond donors (Lipinski definition) is 2. The first-order valence-electron chi connectivity index (χ1n) is 4.86. The van der Waals surface area contributed by atoms with E-state index in [1.165, 1.54) is 0 Å². The molecule has 2 N–H and O–H groups in total. The van der Waals surface area contributed by atoms with Crippen molar-refractivity contribution in [1.29, 1.82) is 0 Å². The van der Waals surface area contributed by atoms with Crippen molar-refractivity contribution in [2.75, 3.05) is 20.1 Å². The Kier molecular flexibility index (Phi) is 2.15. The summed E-state index contributed by atoms with van der Waals surface area (Å²) < 4.78 is 0. The molecule has 0 aromatic rings. The molecule has 1 aliphatic heterocycles. The zero-order valence-corrected chi connectivity index (χ0v) is 7.86. The highest BCUT2D eigenvalue weighted by Crippen LogP contribution is 2.37. The summed E-state index contributed by atoms with van der Waals surface area (Å²) in [4.78, 5) is 12.3. The Hall–Kier alpha value is -0.770. The molecule has 3 atom stereocenters. The minimum atomic E-state index is -0.754. The van der Waals surface area contributed by atoms with Crippen LogP contribution in [0.1, 0.15) is 12.8 Å². The molecule has 0 spiro atoms. The average Bonchev–Trinajstić information content (AvgIpc) is 2.58. The lowest BCUT2D eigenvalue weighted by Crippen LogP contribution is -2.30. The predicted octanol–water partition coefficient (Wildman–Crippen LogP) is 0.594. The van der Waals surface area contributed by atoms with Crippen LogP contribution in [0, 0.1) is 11.8 Å². The Balaban J connectivity index is 1.93. The summed E-state index contributed by atoms with van der Waals surface area (Å²) in [5, 5.41) is 12.1. The molecule has 0 aromatic carbocycles. The standard InChI is InChI=1S/C9H16N2O2/c1-10-8-2-6-4-11(9(12)13)5-7(6)3-8/h6-8,10H,2-5H2,1H3,(H,12,13)/t6-,7+,8+. The number of hydrogen-bond acceptors (Lipinski definition) is 2. The van der Waals surface area contributed by atoms with Crippen LogP contribution >= 0.6 is 0 Å². The first-order valence-corrected chi connectivity index (χ1v) is 4.86. The van der Waals surface area contributed by atoms with E-state index < -0.39 is 6.09 Å². The molecule has 0 aromatic heterocycles. The molecule has 1 saturated carbocycles. The summed E-state index contributed by atoms with van der Waals surface area (Å²) in [6.07, 6.45) is 1.53. The maximum atomic E-state index is 10.7. The number of carboxylic acid groups (broad SMARTS) is 1. The topological polar surface area (TPSA) is 52.6 Å². The summed E-state index contributed by atoms with van der Waals surface area (Å²) in [5.41, 5.74) is 0. The van der Waals surface area contributed by atoms with Crippen molar-refractivity contribution in [3.05, 3.63) is 0 Å². The zero-order valence-electron chi connectivity index (χ0n) is 7.86. The molecule has 13 heavy (non-hydrogen) atoms. The maximum Gasteiger partial charge on any atom is 0.407 e. The Labute approximate surface area is 77.9 Å². The van der Waals surface area contributed by atoms with Gasteiger partial charge in [-0.1, -0.05) is 0 Å². The lowest BCUT2D eigenvalue weighted by Gasteiger charge is -2.15. The summed E-state index contributed by atoms with van der Waals surface area (Å²) in [5.74, 6) is 1.21. The third-order valence-electron chi connectivity index (χ3n) is 3.43. The molecular weight excluding hydrogens is 168 g/mol. The van der Waals surface area contributed by atoms with E-state index in [0.29, 0.717) is 17.9 Å². The van der Waals surface area contributed by atoms with Gasteiger partial charge in [-0.2, -0.15) is 0 Å². The van der Waals surface area contributed by atoms with Crippen LogP contribution < -0.4 is 5.32 Å². The fourth-order valence-electron chi connectivity index (χ4n) is 2.69. The quantitative estimate of drug-likeness (QED) is 0.627. The van der Waals surface area contributed by atoms with E-state index in [4.69, 9.17) is 5.11 Å². The largest absolute Gasteiger partial charge is 0.465 e. The highest BCUT2D eigenvalue weighted by Gasteiger charge is 2.41. The molecule has 0 radical (unpaired) electrons. The van der Waals surface area contributed by atoms with Crippen LogP contribution in [-0.2, 0) is 0 Å². The highest BCUT2D eigenvalue weighted by molar-refractivity contribution is 5.65. The molecule has 1 heterocycles. The predicted molar refractivity (Wildman–Crippen MR) is 48.7 cm³/mol. The molecule has 2 aliphatic rings. The van der Waals surface area contributed by atoms with E-state index in [0.717, 1.165) is 25.9 Å². The zero-order chi connectivity index (χ0) is 9.42. The monoisotopic (exact) mass is 184 g/mol. The van der Waals surface area contributed by atoms with Crippen LogP contribution in [0.2, 0.25) is 0 Å². The smallest absolute Gasteiger partial charge is 0.407 e. The highest BCUT2D eigenvalue weighted by atomic mass is 16.4. The molecule has 0 bridgehead atoms. The number of rotatable bonds is 1. The van der Waals surface area contributed by atoms with Gasteiger partial charge in [0.2, 0.25) is 0 Å². The molecule has 4 heteroatoms. The lowest BCUT2D eigenvalue weighted by molar-refractivity contribution is 0.151. The van der Waals surface area contributed by atoms with Crippen molar-refractivity contribution in [1.82, 2.24) is 10.2 Å². The first kappa shape index (κ1) is 8.81. The maximum absolute atomic E-state index is 10.7. The molecule has 74 valence electrons. The number of likely N-dealkylation sites (tertiary alicyclic amines) is 1. The van der Waals surface area contributed by atoms with E-state index in [2.05, 4.69) is 5.32 Å². The molecule has 1 saturated heterocycles. The minimum Gasteiger partial charge on any atom is -0.465 e. The number of nitrogens with zero attached hydrogens (tertiary/aromatic N) is 1. The van der Waals surface area contributed by atoms with E-state index >= 15 is 0 Å². The minimum absolute atomic E-state index is 0.605. The normalized spacial score (nSPS) is 37.9. The second-order valence-corrected chi connectivity index (χ2v) is 4.16. The molecule has 1 aliphatic carbocycles. The van der Waals surface area contributed by atoms with Gasteiger partial charge in [-0.05, 0) is 31.7 Å². The van der Waals surface area contributed by atoms with Gasteiger partial charge in [-0.3, -0.25) is 0 Å². The third kappa shape index (κ3) is 1.50. The SMILES string of the molecule is CN[C@H]1C[C@@H]2CN(C(=O)O)C[C@@H]2C1. The third-order valence-corrected chi connectivity index (χ3v) is 3.43. The number of amides is 1. The van der Waals surface area contributed by atoms with Crippen molar-refractivity contribution >= 4 is 6.09 Å². The van der Waals surface area contributed by atoms with E-state index in [-0.39, 0.29) is 0 Å². The van der Waals surface area contributed by atoms with E-state index in [1.807, 2.05) is 7.05 Å². The summed E-state index contributed by atoms with van der Waals surface area (Å²) in [6.45, 7) is 1.50. The van der Waals surface area contributed by atoms with Gasteiger partial charge < -0.3 is 15.3 Å². The molecule has 0 unspecified atom stereocenters. The van der Waals surface area contributed by atoms with Gasteiger partial charge in [0.25, 0.3) is 0 Å². The molecule has 1 amide bonds. The average molecular weight is 184 g/mol. The van der Waals surface area contributed by atoms with E-state index in [9.17, 15) is 4.79 Å². The fourth-order valence-corrected chi connectivity index (χ4v) is 2.69. The Bertz CT molecular complexity index is 206. The second-order valence-electron chi connectivity index (χ2n) is 4.16.